The zero-order valence-corrected chi connectivity index (χ0v) is 12.9. The Kier molecular flexibility index (Phi) is 4.53. The van der Waals surface area contributed by atoms with E-state index in [0.29, 0.717) is 10.2 Å². The highest BCUT2D eigenvalue weighted by molar-refractivity contribution is 6.41. The van der Waals surface area contributed by atoms with Crippen LogP contribution in [-0.4, -0.2) is 20.4 Å². The van der Waals surface area contributed by atoms with Crippen LogP contribution in [0.15, 0.2) is 18.3 Å². The molecule has 2 rings (SSSR count). The molecule has 2 aromatic heterocycles. The number of anilines is 1. The number of pyridine rings is 1. The maximum Gasteiger partial charge on any atom is 0.288 e. The number of aromatic nitrogens is 2. The molecule has 116 valence electrons. The lowest BCUT2D eigenvalue weighted by atomic mass is 10.2. The smallest absolute Gasteiger partial charge is 0.288 e. The molecular weight excluding hydrogens is 333 g/mol. The van der Waals surface area contributed by atoms with Gasteiger partial charge in [-0.1, -0.05) is 23.2 Å². The van der Waals surface area contributed by atoms with Crippen molar-refractivity contribution in [2.45, 2.75) is 6.54 Å². The van der Waals surface area contributed by atoms with Gasteiger partial charge in [-0.05, 0) is 6.07 Å². The van der Waals surface area contributed by atoms with E-state index in [1.807, 2.05) is 0 Å². The molecule has 10 heteroatoms. The Morgan fingerprint density at radius 2 is 2.18 bits per heavy atom. The van der Waals surface area contributed by atoms with Gasteiger partial charge in [0.2, 0.25) is 0 Å². The summed E-state index contributed by atoms with van der Waals surface area (Å²) in [5.74, 6) is -0.673. The minimum atomic E-state index is -0.818. The van der Waals surface area contributed by atoms with Crippen LogP contribution in [0.25, 0.3) is 0 Å². The van der Waals surface area contributed by atoms with Crippen molar-refractivity contribution in [3.63, 3.8) is 0 Å². The number of nitrogens with zero attached hydrogens (tertiary/aromatic N) is 3. The normalized spacial score (nSPS) is 10.5. The quantitative estimate of drug-likeness (QED) is 0.638. The van der Waals surface area contributed by atoms with E-state index < -0.39 is 10.8 Å². The van der Waals surface area contributed by atoms with Crippen LogP contribution in [0.5, 0.6) is 0 Å². The highest BCUT2D eigenvalue weighted by atomic mass is 35.5. The van der Waals surface area contributed by atoms with Crippen LogP contribution in [0.3, 0.4) is 0 Å². The Morgan fingerprint density at radius 3 is 2.68 bits per heavy atom. The van der Waals surface area contributed by atoms with Crippen LogP contribution in [0.1, 0.15) is 16.1 Å². The number of hydrogen-bond donors (Lipinski definition) is 2. The molecule has 0 aliphatic heterocycles. The lowest BCUT2D eigenvalue weighted by Gasteiger charge is -2.09. The number of carbonyl (C=O) groups excluding carboxylic acids is 1. The Hall–Kier alpha value is -2.32. The molecule has 0 saturated heterocycles. The molecule has 0 atom stereocenters. The van der Waals surface area contributed by atoms with E-state index in [9.17, 15) is 14.9 Å². The Morgan fingerprint density at radius 1 is 1.50 bits per heavy atom. The van der Waals surface area contributed by atoms with E-state index in [2.05, 4.69) is 10.3 Å². The summed E-state index contributed by atoms with van der Waals surface area (Å²) in [5, 5.41) is 14.4. The fourth-order valence-electron chi connectivity index (χ4n) is 1.82. The molecule has 0 unspecified atom stereocenters. The van der Waals surface area contributed by atoms with Gasteiger partial charge in [-0.2, -0.15) is 0 Å². The predicted molar refractivity (Wildman–Crippen MR) is 82.2 cm³/mol. The summed E-state index contributed by atoms with van der Waals surface area (Å²) in [5.41, 5.74) is 5.58. The lowest BCUT2D eigenvalue weighted by molar-refractivity contribution is -0.385. The van der Waals surface area contributed by atoms with Gasteiger partial charge in [0, 0.05) is 18.8 Å². The van der Waals surface area contributed by atoms with Crippen molar-refractivity contribution >= 4 is 40.6 Å². The number of nitrogens with one attached hydrogen (secondary N) is 1. The molecule has 0 saturated carbocycles. The number of carbonyl (C=O) groups is 1. The van der Waals surface area contributed by atoms with E-state index in [0.717, 1.165) is 18.0 Å². The van der Waals surface area contributed by atoms with Crippen molar-refractivity contribution in [3.05, 3.63) is 49.9 Å². The standard InChI is InChI=1S/C12H11Cl2N5O3/c1-18-6(3-9(13)10(18)14)4-16-12-8(11(15)20)2-7(5-17-12)19(21)22/h2-3,5H,4H2,1H3,(H2,15,20)(H,16,17). The minimum absolute atomic E-state index is 0.0689. The summed E-state index contributed by atoms with van der Waals surface area (Å²) in [4.78, 5) is 25.3. The van der Waals surface area contributed by atoms with Gasteiger partial charge in [-0.15, -0.1) is 0 Å². The average molecular weight is 344 g/mol. The second-order valence-corrected chi connectivity index (χ2v) is 5.16. The summed E-state index contributed by atoms with van der Waals surface area (Å²) in [6.07, 6.45) is 1.04. The van der Waals surface area contributed by atoms with Gasteiger partial charge < -0.3 is 15.6 Å². The molecule has 0 bridgehead atoms. The first kappa shape index (κ1) is 16.1. The van der Waals surface area contributed by atoms with Crippen molar-refractivity contribution < 1.29 is 9.72 Å². The third-order valence-electron chi connectivity index (χ3n) is 3.00. The second-order valence-electron chi connectivity index (χ2n) is 4.40. The molecule has 3 N–H and O–H groups in total. The third-order valence-corrected chi connectivity index (χ3v) is 3.84. The summed E-state index contributed by atoms with van der Waals surface area (Å²) in [7, 11) is 1.73. The van der Waals surface area contributed by atoms with Crippen LogP contribution >= 0.6 is 23.2 Å². The Balaban J connectivity index is 2.27. The first-order valence-electron chi connectivity index (χ1n) is 5.99. The first-order chi connectivity index (χ1) is 10.3. The van der Waals surface area contributed by atoms with Gasteiger partial charge in [0.05, 0.1) is 22.1 Å². The van der Waals surface area contributed by atoms with E-state index in [4.69, 9.17) is 28.9 Å². The Bertz CT molecular complexity index is 759. The molecule has 0 aliphatic carbocycles. The summed E-state index contributed by atoms with van der Waals surface area (Å²) >= 11 is 11.9. The predicted octanol–water partition coefficient (Wildman–Crippen LogP) is 2.35. The summed E-state index contributed by atoms with van der Waals surface area (Å²) in [6, 6.07) is 2.73. The molecule has 0 spiro atoms. The molecule has 1 amide bonds. The number of nitro groups is 1. The lowest BCUT2D eigenvalue weighted by Crippen LogP contribution is -2.16. The molecule has 2 aromatic rings. The summed E-state index contributed by atoms with van der Waals surface area (Å²) < 4.78 is 1.66. The molecule has 0 radical (unpaired) electrons. The zero-order chi connectivity index (χ0) is 16.4. The van der Waals surface area contributed by atoms with Crippen molar-refractivity contribution in [3.8, 4) is 0 Å². The molecular formula is C12H11Cl2N5O3. The van der Waals surface area contributed by atoms with Crippen molar-refractivity contribution in [2.75, 3.05) is 5.32 Å². The molecule has 8 nitrogen and oxygen atoms in total. The molecule has 0 fully saturated rings. The van der Waals surface area contributed by atoms with Crippen molar-refractivity contribution in [1.29, 1.82) is 0 Å². The highest BCUT2D eigenvalue weighted by Gasteiger charge is 2.17. The van der Waals surface area contributed by atoms with Crippen LogP contribution in [0, 0.1) is 10.1 Å². The van der Waals surface area contributed by atoms with E-state index >= 15 is 0 Å². The molecule has 2 heterocycles. The number of rotatable bonds is 5. The van der Waals surface area contributed by atoms with Gasteiger partial charge >= 0.3 is 0 Å². The van der Waals surface area contributed by atoms with Gasteiger partial charge in [-0.25, -0.2) is 4.98 Å². The maximum absolute atomic E-state index is 11.4. The second kappa shape index (κ2) is 6.20. The SMILES string of the molecule is Cn1c(CNc2ncc([N+](=O)[O-])cc2C(N)=O)cc(Cl)c1Cl. The number of nitrogens with two attached hydrogens (primary N) is 1. The molecule has 22 heavy (non-hydrogen) atoms. The van der Waals surface area contributed by atoms with Crippen LogP contribution in [-0.2, 0) is 13.6 Å². The highest BCUT2D eigenvalue weighted by Crippen LogP contribution is 2.26. The van der Waals surface area contributed by atoms with Crippen molar-refractivity contribution in [2.24, 2.45) is 12.8 Å². The number of amides is 1. The third kappa shape index (κ3) is 3.12. The fraction of sp³-hybridized carbons (Fsp3) is 0.167. The average Bonchev–Trinajstić information content (AvgIpc) is 2.72. The van der Waals surface area contributed by atoms with Gasteiger partial charge in [0.1, 0.15) is 17.2 Å². The van der Waals surface area contributed by atoms with E-state index in [1.54, 1.807) is 17.7 Å². The van der Waals surface area contributed by atoms with Gasteiger partial charge in [-0.3, -0.25) is 14.9 Å². The number of hydrogen-bond acceptors (Lipinski definition) is 5. The minimum Gasteiger partial charge on any atom is -0.365 e. The zero-order valence-electron chi connectivity index (χ0n) is 11.3. The van der Waals surface area contributed by atoms with E-state index in [1.165, 1.54) is 0 Å². The van der Waals surface area contributed by atoms with Crippen molar-refractivity contribution in [1.82, 2.24) is 9.55 Å². The van der Waals surface area contributed by atoms with Crippen LogP contribution in [0.2, 0.25) is 10.2 Å². The summed E-state index contributed by atoms with van der Waals surface area (Å²) in [6.45, 7) is 0.258. The Labute approximate surface area is 135 Å². The van der Waals surface area contributed by atoms with Gasteiger partial charge in [0.15, 0.2) is 0 Å². The monoisotopic (exact) mass is 343 g/mol. The molecule has 0 aliphatic rings. The van der Waals surface area contributed by atoms with Crippen LogP contribution in [0.4, 0.5) is 11.5 Å². The van der Waals surface area contributed by atoms with Crippen LogP contribution < -0.4 is 11.1 Å². The number of halogens is 2. The van der Waals surface area contributed by atoms with Gasteiger partial charge in [0.25, 0.3) is 11.6 Å². The molecule has 0 aromatic carbocycles. The van der Waals surface area contributed by atoms with E-state index in [-0.39, 0.29) is 23.6 Å². The largest absolute Gasteiger partial charge is 0.365 e. The number of primary amides is 1. The first-order valence-corrected chi connectivity index (χ1v) is 6.74. The topological polar surface area (TPSA) is 116 Å². The maximum atomic E-state index is 11.4. The fourth-order valence-corrected chi connectivity index (χ4v) is 2.23.